The average Bonchev–Trinajstić information content (AvgIpc) is 2.39. The van der Waals surface area contributed by atoms with Gasteiger partial charge in [0.15, 0.2) is 18.2 Å². The number of rotatable bonds is 3. The molecule has 0 radical (unpaired) electrons. The third-order valence-corrected chi connectivity index (χ3v) is 1.76. The Kier molecular flexibility index (Phi) is 2.80. The number of hydrogen-bond donors (Lipinski definition) is 1. The highest BCUT2D eigenvalue weighted by Gasteiger charge is 2.44. The van der Waals surface area contributed by atoms with Crippen LogP contribution in [-0.4, -0.2) is 41.8 Å². The maximum atomic E-state index is 11.0. The van der Waals surface area contributed by atoms with Gasteiger partial charge in [0.2, 0.25) is 5.78 Å². The van der Waals surface area contributed by atoms with Gasteiger partial charge in [-0.2, -0.15) is 0 Å². The zero-order valence-electron chi connectivity index (χ0n) is 7.52. The number of ether oxygens (including phenoxy) is 2. The van der Waals surface area contributed by atoms with Gasteiger partial charge in [0.05, 0.1) is 6.61 Å². The van der Waals surface area contributed by atoms with Crippen molar-refractivity contribution in [3.05, 3.63) is 0 Å². The van der Waals surface area contributed by atoms with Gasteiger partial charge in [-0.1, -0.05) is 0 Å². The Balaban J connectivity index is 2.74. The van der Waals surface area contributed by atoms with Crippen molar-refractivity contribution in [1.82, 2.24) is 0 Å². The van der Waals surface area contributed by atoms with Crippen LogP contribution in [0.4, 0.5) is 0 Å². The largest absolute Gasteiger partial charge is 0.394 e. The van der Waals surface area contributed by atoms with E-state index in [4.69, 9.17) is 14.6 Å². The second-order valence-corrected chi connectivity index (χ2v) is 3.30. The molecule has 1 aliphatic heterocycles. The topological polar surface area (TPSA) is 72.8 Å². The Bertz CT molecular complexity index is 223. The van der Waals surface area contributed by atoms with Crippen LogP contribution in [0.5, 0.6) is 0 Å². The molecule has 1 rings (SSSR count). The standard InChI is InChI=1S/C8H12O5/c1-8(2)12-6(4-10)7(13-8)5(11)3-9/h3,6-7,10H,4H2,1-2H3/t6-,7+/m0/s1. The number of carbonyl (C=O) groups is 2. The van der Waals surface area contributed by atoms with Crippen LogP contribution in [0.25, 0.3) is 0 Å². The summed E-state index contributed by atoms with van der Waals surface area (Å²) in [4.78, 5) is 21.2. The van der Waals surface area contributed by atoms with Crippen LogP contribution in [0.2, 0.25) is 0 Å². The molecule has 0 unspecified atom stereocenters. The molecular weight excluding hydrogens is 176 g/mol. The van der Waals surface area contributed by atoms with E-state index in [2.05, 4.69) is 0 Å². The molecule has 0 bridgehead atoms. The highest BCUT2D eigenvalue weighted by atomic mass is 16.8. The molecule has 0 saturated carbocycles. The molecule has 0 aromatic carbocycles. The summed E-state index contributed by atoms with van der Waals surface area (Å²) < 4.78 is 10.3. The van der Waals surface area contributed by atoms with E-state index < -0.39 is 23.8 Å². The molecule has 0 aliphatic carbocycles. The smallest absolute Gasteiger partial charge is 0.226 e. The van der Waals surface area contributed by atoms with Crippen molar-refractivity contribution in [3.63, 3.8) is 0 Å². The molecule has 2 atom stereocenters. The number of aliphatic hydroxyl groups is 1. The Morgan fingerprint density at radius 2 is 2.15 bits per heavy atom. The van der Waals surface area contributed by atoms with Gasteiger partial charge in [-0.3, -0.25) is 9.59 Å². The van der Waals surface area contributed by atoms with Gasteiger partial charge in [0, 0.05) is 0 Å². The van der Waals surface area contributed by atoms with Crippen LogP contribution in [0, 0.1) is 0 Å². The predicted octanol–water partition coefficient (Wildman–Crippen LogP) is -0.733. The first kappa shape index (κ1) is 10.3. The van der Waals surface area contributed by atoms with Gasteiger partial charge < -0.3 is 14.6 Å². The van der Waals surface area contributed by atoms with E-state index in [1.807, 2.05) is 0 Å². The van der Waals surface area contributed by atoms with Crippen LogP contribution in [0.3, 0.4) is 0 Å². The van der Waals surface area contributed by atoms with Crippen molar-refractivity contribution >= 4 is 12.1 Å². The quantitative estimate of drug-likeness (QED) is 0.466. The Labute approximate surface area is 75.6 Å². The maximum Gasteiger partial charge on any atom is 0.226 e. The van der Waals surface area contributed by atoms with E-state index in [-0.39, 0.29) is 12.9 Å². The summed E-state index contributed by atoms with van der Waals surface area (Å²) in [6.45, 7) is 2.90. The second kappa shape index (κ2) is 3.53. The van der Waals surface area contributed by atoms with Gasteiger partial charge in [0.25, 0.3) is 0 Å². The Morgan fingerprint density at radius 3 is 2.62 bits per heavy atom. The molecule has 5 nitrogen and oxygen atoms in total. The fourth-order valence-corrected chi connectivity index (χ4v) is 1.28. The van der Waals surface area contributed by atoms with Crippen molar-refractivity contribution in [2.45, 2.75) is 31.8 Å². The summed E-state index contributed by atoms with van der Waals surface area (Å²) in [7, 11) is 0. The van der Waals surface area contributed by atoms with E-state index in [9.17, 15) is 9.59 Å². The maximum absolute atomic E-state index is 11.0. The minimum Gasteiger partial charge on any atom is -0.394 e. The molecule has 13 heavy (non-hydrogen) atoms. The third-order valence-electron chi connectivity index (χ3n) is 1.76. The zero-order valence-corrected chi connectivity index (χ0v) is 7.52. The van der Waals surface area contributed by atoms with E-state index in [0.29, 0.717) is 0 Å². The number of ketones is 1. The van der Waals surface area contributed by atoms with Gasteiger partial charge in [-0.15, -0.1) is 0 Å². The molecule has 74 valence electrons. The lowest BCUT2D eigenvalue weighted by atomic mass is 10.1. The van der Waals surface area contributed by atoms with Crippen molar-refractivity contribution in [2.24, 2.45) is 0 Å². The molecule has 1 N–H and O–H groups in total. The molecular formula is C8H12O5. The summed E-state index contributed by atoms with van der Waals surface area (Å²) in [5, 5.41) is 8.84. The molecule has 1 saturated heterocycles. The Hall–Kier alpha value is -0.780. The van der Waals surface area contributed by atoms with Crippen molar-refractivity contribution < 1.29 is 24.2 Å². The molecule has 0 aromatic rings. The van der Waals surface area contributed by atoms with Crippen LogP contribution < -0.4 is 0 Å². The lowest BCUT2D eigenvalue weighted by Gasteiger charge is -2.15. The van der Waals surface area contributed by atoms with E-state index in [0.717, 1.165) is 0 Å². The minimum atomic E-state index is -0.975. The first-order chi connectivity index (χ1) is 6.00. The van der Waals surface area contributed by atoms with Crippen molar-refractivity contribution in [3.8, 4) is 0 Å². The van der Waals surface area contributed by atoms with Gasteiger partial charge in [-0.05, 0) is 13.8 Å². The van der Waals surface area contributed by atoms with E-state index in [1.54, 1.807) is 13.8 Å². The first-order valence-corrected chi connectivity index (χ1v) is 3.95. The molecule has 1 aliphatic rings. The summed E-state index contributed by atoms with van der Waals surface area (Å²) in [5.74, 6) is -1.62. The number of Topliss-reactive ketones (excluding diaryl/α,β-unsaturated/α-hetero) is 1. The van der Waals surface area contributed by atoms with E-state index >= 15 is 0 Å². The zero-order chi connectivity index (χ0) is 10.1. The highest BCUT2D eigenvalue weighted by molar-refractivity contribution is 6.27. The average molecular weight is 188 g/mol. The normalized spacial score (nSPS) is 31.6. The lowest BCUT2D eigenvalue weighted by molar-refractivity contribution is -0.156. The molecule has 0 amide bonds. The monoisotopic (exact) mass is 188 g/mol. The molecule has 0 aromatic heterocycles. The SMILES string of the molecule is CC1(C)O[C@@H](CO)[C@@H](C(=O)C=O)O1. The number of aliphatic hydroxyl groups excluding tert-OH is 1. The fraction of sp³-hybridized carbons (Fsp3) is 0.750. The number of carbonyl (C=O) groups excluding carboxylic acids is 2. The first-order valence-electron chi connectivity index (χ1n) is 3.95. The fourth-order valence-electron chi connectivity index (χ4n) is 1.28. The highest BCUT2D eigenvalue weighted by Crippen LogP contribution is 2.27. The van der Waals surface area contributed by atoms with Gasteiger partial charge in [0.1, 0.15) is 6.10 Å². The van der Waals surface area contributed by atoms with Crippen LogP contribution in [0.1, 0.15) is 13.8 Å². The minimum absolute atomic E-state index is 0.179. The third kappa shape index (κ3) is 2.12. The second-order valence-electron chi connectivity index (χ2n) is 3.30. The molecule has 0 spiro atoms. The van der Waals surface area contributed by atoms with Crippen LogP contribution in [0.15, 0.2) is 0 Å². The summed E-state index contributed by atoms with van der Waals surface area (Å²) in [6.07, 6.45) is -1.54. The van der Waals surface area contributed by atoms with Crippen LogP contribution in [-0.2, 0) is 19.1 Å². The molecule has 1 fully saturated rings. The van der Waals surface area contributed by atoms with E-state index in [1.165, 1.54) is 0 Å². The van der Waals surface area contributed by atoms with Gasteiger partial charge in [-0.25, -0.2) is 0 Å². The molecule has 1 heterocycles. The van der Waals surface area contributed by atoms with Crippen LogP contribution >= 0.6 is 0 Å². The van der Waals surface area contributed by atoms with Crippen molar-refractivity contribution in [1.29, 1.82) is 0 Å². The summed E-state index contributed by atoms with van der Waals surface area (Å²) in [6, 6.07) is 0. The van der Waals surface area contributed by atoms with Gasteiger partial charge >= 0.3 is 0 Å². The summed E-state index contributed by atoms with van der Waals surface area (Å²) in [5.41, 5.74) is 0. The number of hydrogen-bond acceptors (Lipinski definition) is 5. The Morgan fingerprint density at radius 1 is 1.54 bits per heavy atom. The van der Waals surface area contributed by atoms with Crippen molar-refractivity contribution in [2.75, 3.05) is 6.61 Å². The predicted molar refractivity (Wildman–Crippen MR) is 42.0 cm³/mol. The summed E-state index contributed by atoms with van der Waals surface area (Å²) >= 11 is 0. The number of aldehydes is 1. The molecule has 5 heteroatoms. The lowest BCUT2D eigenvalue weighted by Crippen LogP contribution is -2.34.